The summed E-state index contributed by atoms with van der Waals surface area (Å²) in [6.07, 6.45) is -1.38. The first-order chi connectivity index (χ1) is 11.3. The molecule has 2 amide bonds. The minimum Gasteiger partial charge on any atom is -0.442 e. The first kappa shape index (κ1) is 16.2. The highest BCUT2D eigenvalue weighted by Gasteiger charge is 2.34. The van der Waals surface area contributed by atoms with Crippen molar-refractivity contribution >= 4 is 29.2 Å². The number of carbonyl (C=O) groups is 3. The van der Waals surface area contributed by atoms with E-state index in [0.717, 1.165) is 0 Å². The molecule has 0 spiro atoms. The number of cyclic esters (lactones) is 1. The van der Waals surface area contributed by atoms with Gasteiger partial charge in [0.05, 0.1) is 37.6 Å². The van der Waals surface area contributed by atoms with Gasteiger partial charge in [0.2, 0.25) is 5.91 Å². The van der Waals surface area contributed by atoms with Crippen LogP contribution in [0.5, 0.6) is 0 Å². The largest absolute Gasteiger partial charge is 0.442 e. The van der Waals surface area contributed by atoms with Crippen LogP contribution in [0.25, 0.3) is 0 Å². The smallest absolute Gasteiger partial charge is 0.414 e. The van der Waals surface area contributed by atoms with Gasteiger partial charge in [-0.25, -0.2) is 14.2 Å². The maximum atomic E-state index is 14.2. The van der Waals surface area contributed by atoms with Crippen LogP contribution in [0.15, 0.2) is 18.2 Å². The SMILES string of the molecule is CC(=O)N(O)C[C@@H]1CN(c2ccc(N3CC(=O)C3)c(F)c2)C(=O)O1. The average Bonchev–Trinajstić information content (AvgIpc) is 2.84. The molecule has 1 N–H and O–H groups in total. The van der Waals surface area contributed by atoms with Gasteiger partial charge in [-0.1, -0.05) is 0 Å². The summed E-state index contributed by atoms with van der Waals surface area (Å²) in [6, 6.07) is 4.27. The number of carbonyl (C=O) groups excluding carboxylic acids is 3. The van der Waals surface area contributed by atoms with E-state index >= 15 is 0 Å². The number of ether oxygens (including phenoxy) is 1. The predicted molar refractivity (Wildman–Crippen MR) is 80.4 cm³/mol. The van der Waals surface area contributed by atoms with Crippen LogP contribution in [-0.4, -0.2) is 60.3 Å². The summed E-state index contributed by atoms with van der Waals surface area (Å²) in [4.78, 5) is 36.8. The lowest BCUT2D eigenvalue weighted by molar-refractivity contribution is -0.166. The van der Waals surface area contributed by atoms with Crippen LogP contribution in [0.2, 0.25) is 0 Å². The molecular formula is C15H16FN3O5. The van der Waals surface area contributed by atoms with E-state index in [9.17, 15) is 24.0 Å². The number of hydroxylamine groups is 2. The first-order valence-electron chi connectivity index (χ1n) is 7.36. The molecule has 128 valence electrons. The van der Waals surface area contributed by atoms with Crippen molar-refractivity contribution in [2.45, 2.75) is 13.0 Å². The number of hydrogen-bond acceptors (Lipinski definition) is 6. The maximum Gasteiger partial charge on any atom is 0.414 e. The topological polar surface area (TPSA) is 90.4 Å². The van der Waals surface area contributed by atoms with Crippen molar-refractivity contribution in [3.8, 4) is 0 Å². The van der Waals surface area contributed by atoms with Gasteiger partial charge in [-0.3, -0.25) is 19.7 Å². The van der Waals surface area contributed by atoms with Crippen molar-refractivity contribution in [2.24, 2.45) is 0 Å². The van der Waals surface area contributed by atoms with Gasteiger partial charge < -0.3 is 9.64 Å². The normalized spacial score (nSPS) is 20.0. The molecule has 1 aromatic carbocycles. The highest BCUT2D eigenvalue weighted by atomic mass is 19.1. The molecule has 3 rings (SSSR count). The van der Waals surface area contributed by atoms with Crippen molar-refractivity contribution in [1.29, 1.82) is 0 Å². The van der Waals surface area contributed by atoms with Crippen LogP contribution in [-0.2, 0) is 14.3 Å². The first-order valence-corrected chi connectivity index (χ1v) is 7.36. The summed E-state index contributed by atoms with van der Waals surface area (Å²) >= 11 is 0. The number of nitrogens with zero attached hydrogens (tertiary/aromatic N) is 3. The van der Waals surface area contributed by atoms with Crippen LogP contribution < -0.4 is 9.80 Å². The monoisotopic (exact) mass is 337 g/mol. The third-order valence-corrected chi connectivity index (χ3v) is 3.93. The van der Waals surface area contributed by atoms with Crippen LogP contribution in [0.3, 0.4) is 0 Å². The Kier molecular flexibility index (Phi) is 4.10. The molecule has 8 nitrogen and oxygen atoms in total. The standard InChI is InChI=1S/C15H16FN3O5/c1-9(20)19(23)8-12-7-18(15(22)24-12)10-2-3-14(13(16)4-10)17-5-11(21)6-17/h2-4,12,23H,5-8H2,1H3/t12-/m0/s1. The van der Waals surface area contributed by atoms with Gasteiger partial charge in [0.25, 0.3) is 0 Å². The van der Waals surface area contributed by atoms with Gasteiger partial charge in [-0.15, -0.1) is 0 Å². The lowest BCUT2D eigenvalue weighted by Gasteiger charge is -2.32. The van der Waals surface area contributed by atoms with Crippen LogP contribution >= 0.6 is 0 Å². The molecule has 1 atom stereocenters. The fourth-order valence-corrected chi connectivity index (χ4v) is 2.62. The number of hydrogen-bond donors (Lipinski definition) is 1. The summed E-state index contributed by atoms with van der Waals surface area (Å²) in [5.74, 6) is -1.06. The molecule has 2 aliphatic rings. The molecule has 2 heterocycles. The maximum absolute atomic E-state index is 14.2. The van der Waals surface area contributed by atoms with E-state index in [1.165, 1.54) is 24.0 Å². The molecule has 24 heavy (non-hydrogen) atoms. The van der Waals surface area contributed by atoms with E-state index in [2.05, 4.69) is 0 Å². The highest BCUT2D eigenvalue weighted by Crippen LogP contribution is 2.29. The quantitative estimate of drug-likeness (QED) is 0.645. The Hall–Kier alpha value is -2.68. The van der Waals surface area contributed by atoms with Crippen molar-refractivity contribution in [3.63, 3.8) is 0 Å². The highest BCUT2D eigenvalue weighted by molar-refractivity contribution is 5.96. The van der Waals surface area contributed by atoms with Gasteiger partial charge in [-0.05, 0) is 18.2 Å². The Labute approximate surface area is 136 Å². The molecule has 2 aliphatic heterocycles. The van der Waals surface area contributed by atoms with Crippen LogP contribution in [0.1, 0.15) is 6.92 Å². The van der Waals surface area contributed by atoms with Gasteiger partial charge >= 0.3 is 6.09 Å². The summed E-state index contributed by atoms with van der Waals surface area (Å²) in [7, 11) is 0. The number of benzene rings is 1. The second kappa shape index (κ2) is 6.08. The Morgan fingerprint density at radius 2 is 2.12 bits per heavy atom. The van der Waals surface area contributed by atoms with Crippen molar-refractivity contribution < 1.29 is 28.7 Å². The van der Waals surface area contributed by atoms with E-state index in [1.54, 1.807) is 11.0 Å². The molecule has 0 aromatic heterocycles. The van der Waals surface area contributed by atoms with Crippen molar-refractivity contribution in [3.05, 3.63) is 24.0 Å². The molecule has 0 bridgehead atoms. The lowest BCUT2D eigenvalue weighted by atomic mass is 10.1. The Morgan fingerprint density at radius 3 is 2.71 bits per heavy atom. The predicted octanol–water partition coefficient (Wildman–Crippen LogP) is 0.778. The van der Waals surface area contributed by atoms with E-state index in [-0.39, 0.29) is 32.0 Å². The Morgan fingerprint density at radius 1 is 1.42 bits per heavy atom. The van der Waals surface area contributed by atoms with Gasteiger partial charge in [0.15, 0.2) is 5.78 Å². The zero-order valence-corrected chi connectivity index (χ0v) is 12.9. The number of anilines is 2. The van der Waals surface area contributed by atoms with Crippen molar-refractivity contribution in [1.82, 2.24) is 5.06 Å². The third kappa shape index (κ3) is 3.02. The molecule has 0 saturated carbocycles. The molecule has 9 heteroatoms. The molecule has 0 aliphatic carbocycles. The van der Waals surface area contributed by atoms with Gasteiger partial charge in [0, 0.05) is 6.92 Å². The zero-order valence-electron chi connectivity index (χ0n) is 12.9. The second-order valence-electron chi connectivity index (χ2n) is 5.75. The summed E-state index contributed by atoms with van der Waals surface area (Å²) in [5, 5.41) is 9.87. The Bertz CT molecular complexity index is 702. The Balaban J connectivity index is 1.70. The fraction of sp³-hybridized carbons (Fsp3) is 0.400. The molecular weight excluding hydrogens is 321 g/mol. The van der Waals surface area contributed by atoms with Crippen LogP contribution in [0, 0.1) is 5.82 Å². The number of amides is 2. The minimum absolute atomic E-state index is 0.0449. The number of rotatable bonds is 4. The molecule has 0 unspecified atom stereocenters. The molecule has 2 saturated heterocycles. The lowest BCUT2D eigenvalue weighted by Crippen LogP contribution is -2.47. The summed E-state index contributed by atoms with van der Waals surface area (Å²) in [5.41, 5.74) is 0.614. The number of ketones is 1. The fourth-order valence-electron chi connectivity index (χ4n) is 2.62. The summed E-state index contributed by atoms with van der Waals surface area (Å²) < 4.78 is 19.3. The molecule has 2 fully saturated rings. The molecule has 1 aromatic rings. The van der Waals surface area contributed by atoms with E-state index in [4.69, 9.17) is 4.74 Å². The molecule has 0 radical (unpaired) electrons. The van der Waals surface area contributed by atoms with E-state index in [0.29, 0.717) is 16.4 Å². The van der Waals surface area contributed by atoms with E-state index in [1.807, 2.05) is 0 Å². The van der Waals surface area contributed by atoms with Crippen LogP contribution in [0.4, 0.5) is 20.6 Å². The second-order valence-corrected chi connectivity index (χ2v) is 5.75. The summed E-state index contributed by atoms with van der Waals surface area (Å²) in [6.45, 7) is 1.48. The zero-order chi connectivity index (χ0) is 17.4. The third-order valence-electron chi connectivity index (χ3n) is 3.93. The van der Waals surface area contributed by atoms with E-state index < -0.39 is 23.9 Å². The van der Waals surface area contributed by atoms with Gasteiger partial charge in [-0.2, -0.15) is 0 Å². The average molecular weight is 337 g/mol. The van der Waals surface area contributed by atoms with Gasteiger partial charge in [0.1, 0.15) is 11.9 Å². The van der Waals surface area contributed by atoms with Crippen molar-refractivity contribution in [2.75, 3.05) is 36.0 Å². The minimum atomic E-state index is -0.706. The number of Topliss-reactive ketones (excluding diaryl/α,β-unsaturated/α-hetero) is 1. The number of halogens is 1.